The van der Waals surface area contributed by atoms with Crippen molar-refractivity contribution in [3.05, 3.63) is 0 Å². The van der Waals surface area contributed by atoms with Crippen LogP contribution in [0, 0.1) is 17.8 Å². The highest BCUT2D eigenvalue weighted by Crippen LogP contribution is 2.57. The Balaban J connectivity index is 1.66. The number of hydrogen-bond donors (Lipinski definition) is 2. The predicted octanol–water partition coefficient (Wildman–Crippen LogP) is 1.50. The molecule has 1 aliphatic heterocycles. The Morgan fingerprint density at radius 2 is 1.78 bits per heavy atom. The summed E-state index contributed by atoms with van der Waals surface area (Å²) in [5, 5.41) is 12.3. The molecule has 3 aliphatic rings. The Labute approximate surface area is 111 Å². The van der Waals surface area contributed by atoms with Gasteiger partial charge in [0.15, 0.2) is 0 Å². The van der Waals surface area contributed by atoms with Crippen molar-refractivity contribution in [2.75, 3.05) is 11.5 Å². The maximum Gasteiger partial charge on any atom is 0.329 e. The van der Waals surface area contributed by atoms with Crippen molar-refractivity contribution in [1.29, 1.82) is 0 Å². The summed E-state index contributed by atoms with van der Waals surface area (Å²) in [4.78, 5) is 23.7. The van der Waals surface area contributed by atoms with Gasteiger partial charge in [-0.2, -0.15) is 11.8 Å². The minimum Gasteiger partial charge on any atom is -0.480 e. The average Bonchev–Trinajstić information content (AvgIpc) is 2.85. The maximum absolute atomic E-state index is 12.2. The van der Waals surface area contributed by atoms with Crippen LogP contribution in [0.25, 0.3) is 0 Å². The molecule has 2 N–H and O–H groups in total. The van der Waals surface area contributed by atoms with E-state index in [1.807, 2.05) is 0 Å². The van der Waals surface area contributed by atoms with Gasteiger partial charge in [0.25, 0.3) is 0 Å². The molecule has 0 radical (unpaired) electrons. The van der Waals surface area contributed by atoms with E-state index in [-0.39, 0.29) is 11.8 Å². The van der Waals surface area contributed by atoms with Gasteiger partial charge in [-0.25, -0.2) is 4.79 Å². The van der Waals surface area contributed by atoms with Gasteiger partial charge in [0.1, 0.15) is 5.54 Å². The van der Waals surface area contributed by atoms with Crippen LogP contribution in [0.5, 0.6) is 0 Å². The van der Waals surface area contributed by atoms with Gasteiger partial charge in [-0.1, -0.05) is 6.42 Å². The molecule has 4 nitrogen and oxygen atoms in total. The second-order valence-electron chi connectivity index (χ2n) is 5.77. The van der Waals surface area contributed by atoms with Crippen molar-refractivity contribution in [2.45, 2.75) is 37.6 Å². The molecular weight excluding hydrogens is 250 g/mol. The van der Waals surface area contributed by atoms with Crippen molar-refractivity contribution in [2.24, 2.45) is 17.8 Å². The SMILES string of the molecule is O=C(NC1(C(=O)O)CCSCC1)C1C2CCCC21. The van der Waals surface area contributed by atoms with Crippen LogP contribution in [-0.2, 0) is 9.59 Å². The largest absolute Gasteiger partial charge is 0.480 e. The third-order valence-corrected chi connectivity index (χ3v) is 5.81. The van der Waals surface area contributed by atoms with Crippen molar-refractivity contribution >= 4 is 23.6 Å². The molecule has 1 saturated heterocycles. The second-order valence-corrected chi connectivity index (χ2v) is 7.00. The third-order valence-electron chi connectivity index (χ3n) is 4.83. The maximum atomic E-state index is 12.2. The number of rotatable bonds is 3. The minimum absolute atomic E-state index is 0.000926. The lowest BCUT2D eigenvalue weighted by atomic mass is 9.91. The molecule has 3 rings (SSSR count). The molecule has 18 heavy (non-hydrogen) atoms. The van der Waals surface area contributed by atoms with Gasteiger partial charge in [0.05, 0.1) is 0 Å². The number of carboxylic acids is 1. The van der Waals surface area contributed by atoms with Crippen molar-refractivity contribution in [3.8, 4) is 0 Å². The summed E-state index contributed by atoms with van der Waals surface area (Å²) in [5.41, 5.74) is -0.987. The van der Waals surface area contributed by atoms with Gasteiger partial charge < -0.3 is 10.4 Å². The van der Waals surface area contributed by atoms with Gasteiger partial charge in [0, 0.05) is 5.92 Å². The number of aliphatic carboxylic acids is 1. The Morgan fingerprint density at radius 1 is 1.17 bits per heavy atom. The first-order chi connectivity index (χ1) is 8.64. The number of thioether (sulfide) groups is 1. The van der Waals surface area contributed by atoms with Crippen molar-refractivity contribution in [1.82, 2.24) is 5.32 Å². The number of fused-ring (bicyclic) bond motifs is 1. The molecule has 100 valence electrons. The molecule has 2 atom stereocenters. The van der Waals surface area contributed by atoms with Crippen LogP contribution in [0.4, 0.5) is 0 Å². The zero-order valence-corrected chi connectivity index (χ0v) is 11.2. The summed E-state index contributed by atoms with van der Waals surface area (Å²) in [6.45, 7) is 0. The molecule has 0 spiro atoms. The lowest BCUT2D eigenvalue weighted by Crippen LogP contribution is -2.57. The van der Waals surface area contributed by atoms with Crippen molar-refractivity contribution in [3.63, 3.8) is 0 Å². The summed E-state index contributed by atoms with van der Waals surface area (Å²) in [6, 6.07) is 0. The van der Waals surface area contributed by atoms with Crippen LogP contribution in [0.2, 0.25) is 0 Å². The molecule has 2 unspecified atom stereocenters. The summed E-state index contributed by atoms with van der Waals surface area (Å²) in [7, 11) is 0. The number of carbonyl (C=O) groups is 2. The number of nitrogens with one attached hydrogen (secondary N) is 1. The molecule has 5 heteroatoms. The van der Waals surface area contributed by atoms with Crippen LogP contribution in [-0.4, -0.2) is 34.0 Å². The third kappa shape index (κ3) is 1.92. The summed E-state index contributed by atoms with van der Waals surface area (Å²) in [5.74, 6) is 2.00. The lowest BCUT2D eigenvalue weighted by Gasteiger charge is -2.34. The predicted molar refractivity (Wildman–Crippen MR) is 69.4 cm³/mol. The summed E-state index contributed by atoms with van der Waals surface area (Å²) in [6.07, 6.45) is 4.65. The fraction of sp³-hybridized carbons (Fsp3) is 0.846. The first-order valence-corrected chi connectivity index (χ1v) is 7.93. The molecule has 0 bridgehead atoms. The molecule has 2 aliphatic carbocycles. The van der Waals surface area contributed by atoms with E-state index in [0.29, 0.717) is 24.7 Å². The summed E-state index contributed by atoms with van der Waals surface area (Å²) < 4.78 is 0. The second kappa shape index (κ2) is 4.44. The molecule has 1 amide bonds. The smallest absolute Gasteiger partial charge is 0.329 e. The lowest BCUT2D eigenvalue weighted by molar-refractivity contribution is -0.148. The van der Waals surface area contributed by atoms with E-state index >= 15 is 0 Å². The minimum atomic E-state index is -0.987. The quantitative estimate of drug-likeness (QED) is 0.815. The standard InChI is InChI=1S/C13H19NO3S/c15-11(10-8-2-1-3-9(8)10)14-13(12(16)17)4-6-18-7-5-13/h8-10H,1-7H2,(H,14,15)(H,16,17). The number of hydrogen-bond acceptors (Lipinski definition) is 3. The average molecular weight is 269 g/mol. The number of amides is 1. The highest BCUT2D eigenvalue weighted by molar-refractivity contribution is 7.99. The molecule has 0 aromatic carbocycles. The van der Waals surface area contributed by atoms with E-state index in [4.69, 9.17) is 0 Å². The van der Waals surface area contributed by atoms with Gasteiger partial charge in [-0.05, 0) is 49.0 Å². The Morgan fingerprint density at radius 3 is 2.33 bits per heavy atom. The highest BCUT2D eigenvalue weighted by atomic mass is 32.2. The molecule has 3 fully saturated rings. The molecule has 0 aromatic heterocycles. The fourth-order valence-electron chi connectivity index (χ4n) is 3.64. The number of carbonyl (C=O) groups excluding carboxylic acids is 1. The van der Waals surface area contributed by atoms with Gasteiger partial charge in [-0.3, -0.25) is 4.79 Å². The van der Waals surface area contributed by atoms with E-state index in [0.717, 1.165) is 24.3 Å². The van der Waals surface area contributed by atoms with E-state index < -0.39 is 11.5 Å². The zero-order chi connectivity index (χ0) is 12.8. The highest BCUT2D eigenvalue weighted by Gasteiger charge is 2.58. The molecule has 1 heterocycles. The number of carboxylic acid groups (broad SMARTS) is 1. The Bertz CT molecular complexity index is 368. The van der Waals surface area contributed by atoms with E-state index in [1.54, 1.807) is 11.8 Å². The van der Waals surface area contributed by atoms with Crippen LogP contribution < -0.4 is 5.32 Å². The van der Waals surface area contributed by atoms with E-state index in [1.165, 1.54) is 6.42 Å². The normalized spacial score (nSPS) is 36.8. The van der Waals surface area contributed by atoms with E-state index in [9.17, 15) is 14.7 Å². The fourth-order valence-corrected chi connectivity index (χ4v) is 4.83. The van der Waals surface area contributed by atoms with E-state index in [2.05, 4.69) is 5.32 Å². The van der Waals surface area contributed by atoms with Crippen LogP contribution in [0.1, 0.15) is 32.1 Å². The van der Waals surface area contributed by atoms with Crippen LogP contribution >= 0.6 is 11.8 Å². The first-order valence-electron chi connectivity index (χ1n) is 6.77. The molecule has 0 aromatic rings. The first kappa shape index (κ1) is 12.3. The Kier molecular flexibility index (Phi) is 3.04. The van der Waals surface area contributed by atoms with Crippen molar-refractivity contribution < 1.29 is 14.7 Å². The summed E-state index contributed by atoms with van der Waals surface area (Å²) >= 11 is 1.77. The van der Waals surface area contributed by atoms with Gasteiger partial charge >= 0.3 is 5.97 Å². The van der Waals surface area contributed by atoms with Gasteiger partial charge in [0.2, 0.25) is 5.91 Å². The zero-order valence-electron chi connectivity index (χ0n) is 10.4. The topological polar surface area (TPSA) is 66.4 Å². The van der Waals surface area contributed by atoms with Crippen LogP contribution in [0.15, 0.2) is 0 Å². The molecule has 2 saturated carbocycles. The molecular formula is C13H19NO3S. The monoisotopic (exact) mass is 269 g/mol. The Hall–Kier alpha value is -0.710. The van der Waals surface area contributed by atoms with Crippen LogP contribution in [0.3, 0.4) is 0 Å². The van der Waals surface area contributed by atoms with Gasteiger partial charge in [-0.15, -0.1) is 0 Å².